The van der Waals surface area contributed by atoms with Gasteiger partial charge >= 0.3 is 0 Å². The van der Waals surface area contributed by atoms with Gasteiger partial charge in [0.05, 0.1) is 6.61 Å². The van der Waals surface area contributed by atoms with Crippen LogP contribution in [0.4, 0.5) is 0 Å². The SMILES string of the molecule is CC(C)COc1ccc([C@H](C)C(C)C)cc1. The lowest BCUT2D eigenvalue weighted by atomic mass is 9.90. The third-order valence-electron chi connectivity index (χ3n) is 2.99. The van der Waals surface area contributed by atoms with Gasteiger partial charge in [-0.3, -0.25) is 0 Å². The third kappa shape index (κ3) is 3.88. The van der Waals surface area contributed by atoms with Crippen LogP contribution in [-0.4, -0.2) is 6.61 Å². The number of benzene rings is 1. The second-order valence-corrected chi connectivity index (χ2v) is 5.31. The Hall–Kier alpha value is -0.980. The Morgan fingerprint density at radius 2 is 1.50 bits per heavy atom. The van der Waals surface area contributed by atoms with Gasteiger partial charge in [-0.1, -0.05) is 46.8 Å². The van der Waals surface area contributed by atoms with Gasteiger partial charge < -0.3 is 4.74 Å². The summed E-state index contributed by atoms with van der Waals surface area (Å²) in [4.78, 5) is 0. The van der Waals surface area contributed by atoms with E-state index < -0.39 is 0 Å². The molecular weight excluding hydrogens is 196 g/mol. The molecule has 1 atom stereocenters. The average Bonchev–Trinajstić information content (AvgIpc) is 2.26. The van der Waals surface area contributed by atoms with Crippen molar-refractivity contribution in [3.63, 3.8) is 0 Å². The Morgan fingerprint density at radius 3 is 1.94 bits per heavy atom. The molecule has 0 bridgehead atoms. The van der Waals surface area contributed by atoms with Crippen LogP contribution in [0, 0.1) is 11.8 Å². The second kappa shape index (κ2) is 5.93. The first-order valence-corrected chi connectivity index (χ1v) is 6.23. The van der Waals surface area contributed by atoms with Gasteiger partial charge in [-0.05, 0) is 35.4 Å². The van der Waals surface area contributed by atoms with Crippen LogP contribution in [0.5, 0.6) is 5.75 Å². The molecule has 0 aliphatic carbocycles. The topological polar surface area (TPSA) is 9.23 Å². The van der Waals surface area contributed by atoms with E-state index in [2.05, 4.69) is 58.9 Å². The van der Waals surface area contributed by atoms with Crippen LogP contribution in [0.15, 0.2) is 24.3 Å². The Kier molecular flexibility index (Phi) is 4.85. The first-order valence-electron chi connectivity index (χ1n) is 6.23. The summed E-state index contributed by atoms with van der Waals surface area (Å²) in [5, 5.41) is 0. The zero-order chi connectivity index (χ0) is 12.1. The van der Waals surface area contributed by atoms with E-state index in [0.717, 1.165) is 12.4 Å². The Bertz CT molecular complexity index is 298. The number of ether oxygens (including phenoxy) is 1. The molecule has 0 aliphatic rings. The van der Waals surface area contributed by atoms with Gasteiger partial charge in [0.2, 0.25) is 0 Å². The van der Waals surface area contributed by atoms with Crippen molar-refractivity contribution in [3.8, 4) is 5.75 Å². The van der Waals surface area contributed by atoms with Crippen LogP contribution in [0.1, 0.15) is 46.1 Å². The highest BCUT2D eigenvalue weighted by molar-refractivity contribution is 5.29. The Balaban J connectivity index is 2.61. The Labute approximate surface area is 99.8 Å². The van der Waals surface area contributed by atoms with E-state index >= 15 is 0 Å². The molecule has 0 saturated carbocycles. The quantitative estimate of drug-likeness (QED) is 0.711. The summed E-state index contributed by atoms with van der Waals surface area (Å²) in [7, 11) is 0. The fourth-order valence-electron chi connectivity index (χ4n) is 1.52. The summed E-state index contributed by atoms with van der Waals surface area (Å²) < 4.78 is 5.66. The van der Waals surface area contributed by atoms with Gasteiger partial charge in [-0.25, -0.2) is 0 Å². The molecule has 90 valence electrons. The largest absolute Gasteiger partial charge is 0.493 e. The summed E-state index contributed by atoms with van der Waals surface area (Å²) in [5.41, 5.74) is 1.40. The van der Waals surface area contributed by atoms with E-state index in [0.29, 0.717) is 17.8 Å². The summed E-state index contributed by atoms with van der Waals surface area (Å²) in [6, 6.07) is 8.52. The lowest BCUT2D eigenvalue weighted by Gasteiger charge is -2.16. The summed E-state index contributed by atoms with van der Waals surface area (Å²) in [6.07, 6.45) is 0. The van der Waals surface area contributed by atoms with Crippen LogP contribution >= 0.6 is 0 Å². The van der Waals surface area contributed by atoms with Gasteiger partial charge in [0.15, 0.2) is 0 Å². The van der Waals surface area contributed by atoms with Gasteiger partial charge in [-0.2, -0.15) is 0 Å². The number of hydrogen-bond donors (Lipinski definition) is 0. The molecule has 0 spiro atoms. The van der Waals surface area contributed by atoms with Gasteiger partial charge in [-0.15, -0.1) is 0 Å². The molecule has 0 saturated heterocycles. The highest BCUT2D eigenvalue weighted by atomic mass is 16.5. The van der Waals surface area contributed by atoms with Crippen LogP contribution in [-0.2, 0) is 0 Å². The van der Waals surface area contributed by atoms with Crippen molar-refractivity contribution in [2.75, 3.05) is 6.61 Å². The molecule has 0 unspecified atom stereocenters. The van der Waals surface area contributed by atoms with Crippen molar-refractivity contribution < 1.29 is 4.74 Å². The lowest BCUT2D eigenvalue weighted by Crippen LogP contribution is -2.05. The predicted octanol–water partition coefficient (Wildman–Crippen LogP) is 4.48. The maximum absolute atomic E-state index is 5.66. The highest BCUT2D eigenvalue weighted by Crippen LogP contribution is 2.25. The molecule has 16 heavy (non-hydrogen) atoms. The van der Waals surface area contributed by atoms with Crippen LogP contribution in [0.3, 0.4) is 0 Å². The molecule has 0 amide bonds. The molecule has 1 aromatic rings. The van der Waals surface area contributed by atoms with E-state index in [-0.39, 0.29) is 0 Å². The molecule has 0 fully saturated rings. The molecule has 1 aromatic carbocycles. The zero-order valence-corrected chi connectivity index (χ0v) is 11.2. The minimum absolute atomic E-state index is 0.578. The van der Waals surface area contributed by atoms with Crippen molar-refractivity contribution in [3.05, 3.63) is 29.8 Å². The van der Waals surface area contributed by atoms with Gasteiger partial charge in [0, 0.05) is 0 Å². The minimum Gasteiger partial charge on any atom is -0.493 e. The monoisotopic (exact) mass is 220 g/mol. The van der Waals surface area contributed by atoms with Crippen molar-refractivity contribution in [1.82, 2.24) is 0 Å². The van der Waals surface area contributed by atoms with E-state index in [1.807, 2.05) is 0 Å². The van der Waals surface area contributed by atoms with Crippen molar-refractivity contribution in [2.24, 2.45) is 11.8 Å². The van der Waals surface area contributed by atoms with Crippen molar-refractivity contribution >= 4 is 0 Å². The molecule has 0 radical (unpaired) electrons. The van der Waals surface area contributed by atoms with E-state index in [1.165, 1.54) is 5.56 Å². The molecule has 0 aromatic heterocycles. The van der Waals surface area contributed by atoms with Gasteiger partial charge in [0.1, 0.15) is 5.75 Å². The standard InChI is InChI=1S/C15H24O/c1-11(2)10-16-15-8-6-14(7-9-15)13(5)12(3)4/h6-9,11-13H,10H2,1-5H3/t13-/m1/s1. The number of hydrogen-bond acceptors (Lipinski definition) is 1. The lowest BCUT2D eigenvalue weighted by molar-refractivity contribution is 0.271. The molecule has 1 heteroatoms. The van der Waals surface area contributed by atoms with Crippen LogP contribution < -0.4 is 4.74 Å². The van der Waals surface area contributed by atoms with E-state index in [1.54, 1.807) is 0 Å². The first-order chi connectivity index (χ1) is 7.50. The molecule has 0 aliphatic heterocycles. The maximum atomic E-state index is 5.66. The Morgan fingerprint density at radius 1 is 0.938 bits per heavy atom. The average molecular weight is 220 g/mol. The minimum atomic E-state index is 0.578. The van der Waals surface area contributed by atoms with Gasteiger partial charge in [0.25, 0.3) is 0 Å². The first kappa shape index (κ1) is 13.1. The summed E-state index contributed by atoms with van der Waals surface area (Å²) >= 11 is 0. The molecule has 1 nitrogen and oxygen atoms in total. The van der Waals surface area contributed by atoms with E-state index in [9.17, 15) is 0 Å². The fourth-order valence-corrected chi connectivity index (χ4v) is 1.52. The predicted molar refractivity (Wildman–Crippen MR) is 70.0 cm³/mol. The third-order valence-corrected chi connectivity index (χ3v) is 2.99. The number of rotatable bonds is 5. The molecule has 1 rings (SSSR count). The molecular formula is C15H24O. The fraction of sp³-hybridized carbons (Fsp3) is 0.600. The summed E-state index contributed by atoms with van der Waals surface area (Å²) in [6.45, 7) is 11.9. The zero-order valence-electron chi connectivity index (χ0n) is 11.2. The molecule has 0 heterocycles. The highest BCUT2D eigenvalue weighted by Gasteiger charge is 2.09. The maximum Gasteiger partial charge on any atom is 0.119 e. The van der Waals surface area contributed by atoms with Crippen molar-refractivity contribution in [1.29, 1.82) is 0 Å². The van der Waals surface area contributed by atoms with Crippen molar-refractivity contribution in [2.45, 2.75) is 40.5 Å². The molecule has 0 N–H and O–H groups in total. The van der Waals surface area contributed by atoms with Crippen LogP contribution in [0.25, 0.3) is 0 Å². The smallest absolute Gasteiger partial charge is 0.119 e. The summed E-state index contributed by atoms with van der Waals surface area (Å²) in [5.74, 6) is 2.85. The normalized spacial score (nSPS) is 13.2. The van der Waals surface area contributed by atoms with E-state index in [4.69, 9.17) is 4.74 Å². The second-order valence-electron chi connectivity index (χ2n) is 5.31. The van der Waals surface area contributed by atoms with Crippen LogP contribution in [0.2, 0.25) is 0 Å².